The molecule has 4 unspecified atom stereocenters. The Balaban J connectivity index is 1.37. The van der Waals surface area contributed by atoms with E-state index in [0.717, 1.165) is 49.0 Å². The molecule has 5 rings (SSSR count). The molecule has 176 valence electrons. The number of nitrogens with zero attached hydrogens (tertiary/aromatic N) is 3. The number of imidazole rings is 1. The van der Waals surface area contributed by atoms with Crippen LogP contribution in [0.4, 0.5) is 4.39 Å². The van der Waals surface area contributed by atoms with E-state index in [2.05, 4.69) is 41.6 Å². The molecule has 0 N–H and O–H groups in total. The maximum Gasteiger partial charge on any atom is 0.227 e. The van der Waals surface area contributed by atoms with Crippen molar-refractivity contribution in [2.45, 2.75) is 64.0 Å². The SMILES string of the molecule is C=CCC1CCCC(c2ccc(F)cc2)N1C(=O)C1CC1c1ccc(-n2cnc(C)c2)c(C)c1. The van der Waals surface area contributed by atoms with E-state index in [4.69, 9.17) is 0 Å². The Morgan fingerprint density at radius 1 is 1.15 bits per heavy atom. The average molecular weight is 458 g/mol. The molecular weight excluding hydrogens is 425 g/mol. The normalized spacial score (nSPS) is 24.1. The lowest BCUT2D eigenvalue weighted by atomic mass is 9.88. The summed E-state index contributed by atoms with van der Waals surface area (Å²) >= 11 is 0. The molecule has 1 saturated heterocycles. The lowest BCUT2D eigenvalue weighted by Gasteiger charge is -2.42. The van der Waals surface area contributed by atoms with Crippen LogP contribution in [-0.4, -0.2) is 26.4 Å². The van der Waals surface area contributed by atoms with E-state index < -0.39 is 0 Å². The molecule has 0 spiro atoms. The first-order valence-electron chi connectivity index (χ1n) is 12.3. The van der Waals surface area contributed by atoms with Crippen molar-refractivity contribution in [3.63, 3.8) is 0 Å². The maximum absolute atomic E-state index is 13.9. The van der Waals surface area contributed by atoms with Crippen molar-refractivity contribution in [3.05, 3.63) is 95.8 Å². The fourth-order valence-corrected chi connectivity index (χ4v) is 5.63. The quantitative estimate of drug-likeness (QED) is 0.400. The molecule has 1 aliphatic heterocycles. The number of rotatable bonds is 6. The van der Waals surface area contributed by atoms with E-state index in [1.165, 1.54) is 23.3 Å². The Morgan fingerprint density at radius 2 is 1.91 bits per heavy atom. The monoisotopic (exact) mass is 457 g/mol. The molecule has 0 bridgehead atoms. The summed E-state index contributed by atoms with van der Waals surface area (Å²) in [5.41, 5.74) is 5.54. The lowest BCUT2D eigenvalue weighted by molar-refractivity contribution is -0.140. The van der Waals surface area contributed by atoms with Gasteiger partial charge in [0.2, 0.25) is 5.91 Å². The molecule has 2 fully saturated rings. The fraction of sp³-hybridized carbons (Fsp3) is 0.379. The van der Waals surface area contributed by atoms with Crippen LogP contribution in [0, 0.1) is 25.6 Å². The second-order valence-electron chi connectivity index (χ2n) is 9.84. The Labute approximate surface area is 201 Å². The number of aryl methyl sites for hydroxylation is 2. The van der Waals surface area contributed by atoms with Crippen LogP contribution in [0.15, 0.2) is 67.6 Å². The smallest absolute Gasteiger partial charge is 0.227 e. The van der Waals surface area contributed by atoms with Gasteiger partial charge in [0.25, 0.3) is 0 Å². The van der Waals surface area contributed by atoms with Gasteiger partial charge in [0.05, 0.1) is 18.1 Å². The lowest BCUT2D eigenvalue weighted by Crippen LogP contribution is -2.46. The number of likely N-dealkylation sites (tertiary alicyclic amines) is 1. The van der Waals surface area contributed by atoms with E-state index in [1.807, 2.05) is 42.2 Å². The first-order chi connectivity index (χ1) is 16.5. The van der Waals surface area contributed by atoms with Crippen LogP contribution in [0.5, 0.6) is 0 Å². The zero-order chi connectivity index (χ0) is 23.8. The van der Waals surface area contributed by atoms with Gasteiger partial charge in [-0.1, -0.05) is 30.3 Å². The Hall–Kier alpha value is -3.21. The van der Waals surface area contributed by atoms with Crippen LogP contribution >= 0.6 is 0 Å². The summed E-state index contributed by atoms with van der Waals surface area (Å²) in [6.45, 7) is 8.03. The van der Waals surface area contributed by atoms with Gasteiger partial charge in [-0.25, -0.2) is 9.37 Å². The molecule has 4 atom stereocenters. The molecule has 5 heteroatoms. The maximum atomic E-state index is 13.9. The molecule has 3 aromatic rings. The summed E-state index contributed by atoms with van der Waals surface area (Å²) in [5, 5.41) is 0. The molecule has 0 radical (unpaired) electrons. The number of benzene rings is 2. The highest BCUT2D eigenvalue weighted by Gasteiger charge is 2.49. The molecule has 1 saturated carbocycles. The topological polar surface area (TPSA) is 38.1 Å². The molecule has 1 amide bonds. The Kier molecular flexibility index (Phi) is 6.11. The van der Waals surface area contributed by atoms with Crippen LogP contribution in [0.2, 0.25) is 0 Å². The second-order valence-corrected chi connectivity index (χ2v) is 9.84. The van der Waals surface area contributed by atoms with Crippen molar-refractivity contribution in [2.75, 3.05) is 0 Å². The fourth-order valence-electron chi connectivity index (χ4n) is 5.63. The van der Waals surface area contributed by atoms with Gasteiger partial charge in [-0.2, -0.15) is 0 Å². The van der Waals surface area contributed by atoms with Gasteiger partial charge in [0, 0.05) is 23.8 Å². The number of halogens is 1. The zero-order valence-corrected chi connectivity index (χ0v) is 20.0. The van der Waals surface area contributed by atoms with E-state index >= 15 is 0 Å². The van der Waals surface area contributed by atoms with Crippen molar-refractivity contribution in [1.29, 1.82) is 0 Å². The first kappa shape index (κ1) is 22.6. The molecule has 2 aliphatic rings. The van der Waals surface area contributed by atoms with E-state index in [9.17, 15) is 9.18 Å². The van der Waals surface area contributed by atoms with Gasteiger partial charge in [-0.3, -0.25) is 4.79 Å². The molecule has 1 aromatic heterocycles. The van der Waals surface area contributed by atoms with Gasteiger partial charge < -0.3 is 9.47 Å². The molecular formula is C29H32FN3O. The summed E-state index contributed by atoms with van der Waals surface area (Å²) in [6, 6.07) is 13.3. The number of aromatic nitrogens is 2. The number of amides is 1. The van der Waals surface area contributed by atoms with Crippen molar-refractivity contribution in [1.82, 2.24) is 14.5 Å². The zero-order valence-electron chi connectivity index (χ0n) is 20.0. The predicted molar refractivity (Wildman–Crippen MR) is 132 cm³/mol. The second kappa shape index (κ2) is 9.21. The standard InChI is InChI=1S/C29H32FN3O/c1-4-6-24-7-5-8-28(21-9-12-23(30)13-10-21)33(24)29(34)26-16-25(26)22-11-14-27(19(2)15-22)32-17-20(3)31-18-32/h4,9-15,17-18,24-26,28H,1,5-8,16H2,2-3H3. The highest BCUT2D eigenvalue weighted by Crippen LogP contribution is 2.51. The van der Waals surface area contributed by atoms with Gasteiger partial charge in [0.1, 0.15) is 5.82 Å². The van der Waals surface area contributed by atoms with Crippen molar-refractivity contribution in [3.8, 4) is 5.69 Å². The third-order valence-corrected chi connectivity index (χ3v) is 7.44. The number of carbonyl (C=O) groups excluding carboxylic acids is 1. The number of piperidine rings is 1. The highest BCUT2D eigenvalue weighted by molar-refractivity contribution is 5.84. The summed E-state index contributed by atoms with van der Waals surface area (Å²) < 4.78 is 15.6. The van der Waals surface area contributed by atoms with Crippen LogP contribution < -0.4 is 0 Å². The van der Waals surface area contributed by atoms with Gasteiger partial charge in [-0.05, 0) is 86.8 Å². The van der Waals surface area contributed by atoms with Gasteiger partial charge >= 0.3 is 0 Å². The number of carbonyl (C=O) groups is 1. The van der Waals surface area contributed by atoms with E-state index in [1.54, 1.807) is 0 Å². The summed E-state index contributed by atoms with van der Waals surface area (Å²) in [6.07, 6.45) is 10.4. The van der Waals surface area contributed by atoms with Gasteiger partial charge in [0.15, 0.2) is 0 Å². The third-order valence-electron chi connectivity index (χ3n) is 7.44. The largest absolute Gasteiger partial charge is 0.332 e. The van der Waals surface area contributed by atoms with Crippen molar-refractivity contribution in [2.24, 2.45) is 5.92 Å². The van der Waals surface area contributed by atoms with Crippen LogP contribution in [0.25, 0.3) is 5.69 Å². The minimum atomic E-state index is -0.244. The third kappa shape index (κ3) is 4.31. The molecule has 4 nitrogen and oxygen atoms in total. The van der Waals surface area contributed by atoms with Crippen LogP contribution in [0.3, 0.4) is 0 Å². The Morgan fingerprint density at radius 3 is 2.59 bits per heavy atom. The molecule has 2 heterocycles. The molecule has 2 aromatic carbocycles. The predicted octanol–water partition coefficient (Wildman–Crippen LogP) is 6.43. The van der Waals surface area contributed by atoms with E-state index in [0.29, 0.717) is 0 Å². The van der Waals surface area contributed by atoms with Crippen molar-refractivity contribution >= 4 is 5.91 Å². The number of hydrogen-bond acceptors (Lipinski definition) is 2. The number of hydrogen-bond donors (Lipinski definition) is 0. The summed E-state index contributed by atoms with van der Waals surface area (Å²) in [5.74, 6) is 0.254. The highest BCUT2D eigenvalue weighted by atomic mass is 19.1. The van der Waals surface area contributed by atoms with Crippen LogP contribution in [-0.2, 0) is 4.79 Å². The average Bonchev–Trinajstić information content (AvgIpc) is 3.52. The molecule has 34 heavy (non-hydrogen) atoms. The Bertz CT molecular complexity index is 1200. The minimum Gasteiger partial charge on any atom is -0.332 e. The summed E-state index contributed by atoms with van der Waals surface area (Å²) in [7, 11) is 0. The van der Waals surface area contributed by atoms with Gasteiger partial charge in [-0.15, -0.1) is 6.58 Å². The van der Waals surface area contributed by atoms with Crippen LogP contribution in [0.1, 0.15) is 66.4 Å². The minimum absolute atomic E-state index is 0.00152. The summed E-state index contributed by atoms with van der Waals surface area (Å²) in [4.78, 5) is 20.3. The first-order valence-corrected chi connectivity index (χ1v) is 12.3. The van der Waals surface area contributed by atoms with E-state index in [-0.39, 0.29) is 35.6 Å². The molecule has 1 aliphatic carbocycles. The van der Waals surface area contributed by atoms with Crippen molar-refractivity contribution < 1.29 is 9.18 Å².